The molecule has 9 heteroatoms. The van der Waals surface area contributed by atoms with Gasteiger partial charge in [0.25, 0.3) is 0 Å². The van der Waals surface area contributed by atoms with Crippen LogP contribution >= 0.6 is 11.6 Å². The van der Waals surface area contributed by atoms with Crippen LogP contribution in [-0.2, 0) is 15.1 Å². The maximum absolute atomic E-state index is 13.2. The van der Waals surface area contributed by atoms with Crippen molar-refractivity contribution >= 4 is 40.5 Å². The molecule has 3 aliphatic heterocycles. The first kappa shape index (κ1) is 22.8. The van der Waals surface area contributed by atoms with Crippen molar-refractivity contribution in [3.8, 4) is 5.75 Å². The van der Waals surface area contributed by atoms with Crippen LogP contribution in [0.5, 0.6) is 5.75 Å². The van der Waals surface area contributed by atoms with Gasteiger partial charge in [-0.25, -0.2) is 0 Å². The topological polar surface area (TPSA) is 89.9 Å². The number of nitrogens with one attached hydrogen (secondary N) is 3. The summed E-state index contributed by atoms with van der Waals surface area (Å²) in [6.45, 7) is 4.66. The van der Waals surface area contributed by atoms with Crippen molar-refractivity contribution in [2.24, 2.45) is 0 Å². The summed E-state index contributed by atoms with van der Waals surface area (Å²) in [7, 11) is 2.05. The average Bonchev–Trinajstić information content (AvgIpc) is 2.80. The van der Waals surface area contributed by atoms with E-state index in [4.69, 9.17) is 26.5 Å². The third kappa shape index (κ3) is 4.16. The summed E-state index contributed by atoms with van der Waals surface area (Å²) in [4.78, 5) is 16.9. The van der Waals surface area contributed by atoms with Gasteiger partial charge in [0.15, 0.2) is 5.96 Å². The molecule has 0 aliphatic carbocycles. The minimum Gasteiger partial charge on any atom is -0.489 e. The van der Waals surface area contributed by atoms with Gasteiger partial charge >= 0.3 is 0 Å². The molecule has 0 unspecified atom stereocenters. The fourth-order valence-corrected chi connectivity index (χ4v) is 5.40. The van der Waals surface area contributed by atoms with Crippen LogP contribution in [0.2, 0.25) is 5.02 Å². The monoisotopic (exact) mass is 483 g/mol. The number of halogens is 1. The molecule has 8 nitrogen and oxygen atoms in total. The summed E-state index contributed by atoms with van der Waals surface area (Å²) < 4.78 is 11.2. The number of benzene rings is 2. The predicted octanol–water partition coefficient (Wildman–Crippen LogP) is 4.06. The van der Waals surface area contributed by atoms with E-state index in [0.717, 1.165) is 47.8 Å². The van der Waals surface area contributed by atoms with Crippen LogP contribution in [0.25, 0.3) is 0 Å². The van der Waals surface area contributed by atoms with Gasteiger partial charge in [-0.1, -0.05) is 23.7 Å². The van der Waals surface area contributed by atoms with Crippen LogP contribution in [0.1, 0.15) is 31.7 Å². The predicted molar refractivity (Wildman–Crippen MR) is 133 cm³/mol. The van der Waals surface area contributed by atoms with Crippen LogP contribution in [0, 0.1) is 5.41 Å². The van der Waals surface area contributed by atoms with Gasteiger partial charge in [-0.15, -0.1) is 0 Å². The van der Waals surface area contributed by atoms with Crippen molar-refractivity contribution in [1.29, 1.82) is 5.41 Å². The first-order chi connectivity index (χ1) is 16.4. The Morgan fingerprint density at radius 3 is 2.76 bits per heavy atom. The fraction of sp³-hybridized carbons (Fsp3) is 0.440. The third-order valence-electron chi connectivity index (χ3n) is 6.89. The lowest BCUT2D eigenvalue weighted by Gasteiger charge is -2.45. The zero-order valence-electron chi connectivity index (χ0n) is 19.5. The Kier molecular flexibility index (Phi) is 6.04. The van der Waals surface area contributed by atoms with Gasteiger partial charge in [-0.05, 0) is 43.5 Å². The molecule has 3 N–H and O–H groups in total. The van der Waals surface area contributed by atoms with E-state index in [-0.39, 0.29) is 24.3 Å². The van der Waals surface area contributed by atoms with E-state index >= 15 is 0 Å². The summed E-state index contributed by atoms with van der Waals surface area (Å²) in [5.74, 6) is 0.888. The van der Waals surface area contributed by atoms with Crippen LogP contribution in [0.3, 0.4) is 0 Å². The number of hydrogen-bond donors (Lipinski definition) is 3. The number of amides is 1. The molecule has 5 rings (SSSR count). The van der Waals surface area contributed by atoms with E-state index in [1.165, 1.54) is 0 Å². The maximum atomic E-state index is 13.2. The number of ether oxygens (including phenoxy) is 2. The normalized spacial score (nSPS) is 23.3. The Bertz CT molecular complexity index is 1100. The van der Waals surface area contributed by atoms with Crippen molar-refractivity contribution in [2.45, 2.75) is 37.8 Å². The highest BCUT2D eigenvalue weighted by Crippen LogP contribution is 2.40. The SMILES string of the molecule is CN1CCOc2cc(Nc3cccc([C@]4(C)CC(=O)N(C5CCOCC5)C(=N)N4)c3Cl)ccc21. The molecule has 1 amide bonds. The van der Waals surface area contributed by atoms with Gasteiger partial charge in [-0.2, -0.15) is 0 Å². The summed E-state index contributed by atoms with van der Waals surface area (Å²) in [5, 5.41) is 15.8. The Labute approximate surface area is 204 Å². The quantitative estimate of drug-likeness (QED) is 0.607. The lowest BCUT2D eigenvalue weighted by Crippen LogP contribution is -2.62. The molecule has 2 saturated heterocycles. The van der Waals surface area contributed by atoms with Crippen LogP contribution in [-0.4, -0.2) is 56.2 Å². The molecule has 0 radical (unpaired) electrons. The molecule has 1 atom stereocenters. The molecular weight excluding hydrogens is 454 g/mol. The van der Waals surface area contributed by atoms with E-state index in [1.54, 1.807) is 4.90 Å². The second-order valence-corrected chi connectivity index (χ2v) is 9.71. The first-order valence-electron chi connectivity index (χ1n) is 11.7. The Hall–Kier alpha value is -2.97. The minimum atomic E-state index is -0.785. The highest BCUT2D eigenvalue weighted by Gasteiger charge is 2.43. The van der Waals surface area contributed by atoms with Crippen LogP contribution in [0.4, 0.5) is 17.1 Å². The number of guanidine groups is 1. The van der Waals surface area contributed by atoms with Gasteiger partial charge in [-0.3, -0.25) is 15.1 Å². The summed E-state index contributed by atoms with van der Waals surface area (Å²) >= 11 is 6.87. The molecule has 180 valence electrons. The molecule has 34 heavy (non-hydrogen) atoms. The molecule has 3 heterocycles. The number of hydrogen-bond acceptors (Lipinski definition) is 6. The first-order valence-corrected chi connectivity index (χ1v) is 12.0. The zero-order chi connectivity index (χ0) is 23.9. The van der Waals surface area contributed by atoms with Gasteiger partial charge in [0, 0.05) is 38.1 Å². The summed E-state index contributed by atoms with van der Waals surface area (Å²) in [5.41, 5.74) is 2.65. The second kappa shape index (κ2) is 9.00. The van der Waals surface area contributed by atoms with Gasteiger partial charge in [0.1, 0.15) is 12.4 Å². The molecule has 0 aromatic heterocycles. The molecule has 0 spiro atoms. The smallest absolute Gasteiger partial charge is 0.232 e. The maximum Gasteiger partial charge on any atom is 0.232 e. The van der Waals surface area contributed by atoms with Gasteiger partial charge in [0.05, 0.1) is 34.9 Å². The molecule has 2 aromatic carbocycles. The molecule has 3 aliphatic rings. The molecule has 0 bridgehead atoms. The van der Waals surface area contributed by atoms with Gasteiger partial charge in [0.2, 0.25) is 5.91 Å². The Balaban J connectivity index is 1.38. The number of likely N-dealkylation sites (N-methyl/N-ethyl adjacent to an activating group) is 1. The van der Waals surface area contributed by atoms with Gasteiger partial charge < -0.3 is 25.0 Å². The number of rotatable bonds is 4. The van der Waals surface area contributed by atoms with Crippen molar-refractivity contribution in [3.63, 3.8) is 0 Å². The number of nitrogens with zero attached hydrogens (tertiary/aromatic N) is 2. The lowest BCUT2D eigenvalue weighted by atomic mass is 9.85. The Morgan fingerprint density at radius 1 is 1.21 bits per heavy atom. The molecule has 2 aromatic rings. The van der Waals surface area contributed by atoms with Crippen molar-refractivity contribution in [1.82, 2.24) is 10.2 Å². The van der Waals surface area contributed by atoms with Crippen molar-refractivity contribution in [2.75, 3.05) is 43.6 Å². The molecule has 0 saturated carbocycles. The number of anilines is 3. The average molecular weight is 484 g/mol. The number of carbonyl (C=O) groups excluding carboxylic acids is 1. The van der Waals surface area contributed by atoms with E-state index in [9.17, 15) is 4.79 Å². The molecular formula is C25H30ClN5O3. The largest absolute Gasteiger partial charge is 0.489 e. The Morgan fingerprint density at radius 2 is 2.00 bits per heavy atom. The molecule has 2 fully saturated rings. The van der Waals surface area contributed by atoms with E-state index in [2.05, 4.69) is 22.6 Å². The van der Waals surface area contributed by atoms with Crippen LogP contribution < -0.4 is 20.3 Å². The second-order valence-electron chi connectivity index (χ2n) is 9.33. The summed E-state index contributed by atoms with van der Waals surface area (Å²) in [6.07, 6.45) is 1.70. The van der Waals surface area contributed by atoms with Crippen molar-refractivity contribution in [3.05, 3.63) is 47.0 Å². The minimum absolute atomic E-state index is 0.000421. The highest BCUT2D eigenvalue weighted by atomic mass is 35.5. The third-order valence-corrected chi connectivity index (χ3v) is 7.30. The van der Waals surface area contributed by atoms with Crippen molar-refractivity contribution < 1.29 is 14.3 Å². The fourth-order valence-electron chi connectivity index (χ4n) is 5.02. The highest BCUT2D eigenvalue weighted by molar-refractivity contribution is 6.34. The zero-order valence-corrected chi connectivity index (χ0v) is 20.2. The summed E-state index contributed by atoms with van der Waals surface area (Å²) in [6, 6.07) is 11.7. The number of fused-ring (bicyclic) bond motifs is 1. The van der Waals surface area contributed by atoms with E-state index < -0.39 is 5.54 Å². The number of carbonyl (C=O) groups is 1. The van der Waals surface area contributed by atoms with E-state index in [0.29, 0.717) is 24.8 Å². The van der Waals surface area contributed by atoms with E-state index in [1.807, 2.05) is 43.3 Å². The van der Waals surface area contributed by atoms with Crippen LogP contribution in [0.15, 0.2) is 36.4 Å². The standard InChI is InChI=1S/C25H30ClN5O3/c1-25(15-22(32)31(24(27)29-25)17-8-11-33-12-9-17)18-4-3-5-19(23(18)26)28-16-6-7-20-21(14-16)34-13-10-30(20)2/h3-7,14,17,28H,8-13,15H2,1-2H3,(H2,27,29)/t25-/m0/s1. The lowest BCUT2D eigenvalue weighted by molar-refractivity contribution is -0.133.